The molecule has 3 rings (SSSR count). The van der Waals surface area contributed by atoms with Gasteiger partial charge in [-0.2, -0.15) is 0 Å². The Balaban J connectivity index is 1.56. The molecule has 1 saturated heterocycles. The fraction of sp³-hybridized carbons (Fsp3) is 0.640. The smallest absolute Gasteiger partial charge is 0.314 e. The maximum Gasteiger partial charge on any atom is 0.314 e. The summed E-state index contributed by atoms with van der Waals surface area (Å²) in [6, 6.07) is 9.63. The number of amides is 2. The number of hydrogen-bond acceptors (Lipinski definition) is 5. The fourth-order valence-electron chi connectivity index (χ4n) is 4.60. The number of aryl methyl sites for hydroxylation is 1. The lowest BCUT2D eigenvalue weighted by atomic mass is 9.83. The summed E-state index contributed by atoms with van der Waals surface area (Å²) in [6.45, 7) is 7.79. The van der Waals surface area contributed by atoms with Gasteiger partial charge in [0, 0.05) is 12.1 Å². The number of ether oxygens (including phenoxy) is 1. The van der Waals surface area contributed by atoms with Crippen molar-refractivity contribution in [2.45, 2.75) is 77.6 Å². The van der Waals surface area contributed by atoms with Gasteiger partial charge in [0.15, 0.2) is 6.10 Å². The highest BCUT2D eigenvalue weighted by molar-refractivity contribution is 5.94. The lowest BCUT2D eigenvalue weighted by Gasteiger charge is -2.37. The van der Waals surface area contributed by atoms with E-state index in [-0.39, 0.29) is 53.5 Å². The predicted octanol–water partition coefficient (Wildman–Crippen LogP) is 2.18. The van der Waals surface area contributed by atoms with E-state index in [2.05, 4.69) is 29.7 Å². The van der Waals surface area contributed by atoms with E-state index in [9.17, 15) is 14.4 Å². The average molecular weight is 444 g/mol. The van der Waals surface area contributed by atoms with Crippen LogP contribution in [0.4, 0.5) is 0 Å². The second kappa shape index (κ2) is 10.5. The van der Waals surface area contributed by atoms with E-state index in [1.165, 1.54) is 5.56 Å². The third-order valence-electron chi connectivity index (χ3n) is 7.16. The topological polar surface area (TPSA) is 111 Å². The van der Waals surface area contributed by atoms with Crippen molar-refractivity contribution in [1.29, 1.82) is 0 Å². The monoisotopic (exact) mass is 443 g/mol. The second-order valence-electron chi connectivity index (χ2n) is 9.57. The van der Waals surface area contributed by atoms with Crippen LogP contribution in [-0.2, 0) is 25.5 Å². The van der Waals surface area contributed by atoms with Gasteiger partial charge in [-0.3, -0.25) is 14.4 Å². The number of benzene rings is 1. The number of hydrogen-bond donors (Lipinski definition) is 3. The third kappa shape index (κ3) is 5.68. The van der Waals surface area contributed by atoms with Crippen molar-refractivity contribution >= 4 is 17.8 Å². The number of nitrogens with two attached hydrogens (primary N) is 1. The number of carbonyl (C=O) groups is 3. The summed E-state index contributed by atoms with van der Waals surface area (Å²) in [7, 11) is 0. The van der Waals surface area contributed by atoms with Gasteiger partial charge in [0.25, 0.3) is 5.91 Å². The van der Waals surface area contributed by atoms with E-state index in [0.717, 1.165) is 25.7 Å². The van der Waals surface area contributed by atoms with Crippen LogP contribution in [-0.4, -0.2) is 42.0 Å². The maximum absolute atomic E-state index is 12.7. The summed E-state index contributed by atoms with van der Waals surface area (Å²) in [4.78, 5) is 36.8. The zero-order valence-electron chi connectivity index (χ0n) is 19.5. The van der Waals surface area contributed by atoms with Gasteiger partial charge in [-0.05, 0) is 49.5 Å². The Hall–Kier alpha value is -2.41. The molecule has 2 fully saturated rings. The van der Waals surface area contributed by atoms with Crippen molar-refractivity contribution in [2.75, 3.05) is 0 Å². The first-order valence-corrected chi connectivity index (χ1v) is 11.8. The SMILES string of the molecule is CC[C@H](C)[C@@H]1C(=O)O[C@H]1C(=O)N[C@H]1C[C@H]1[C@H](C)[C@@H](CCc1ccccc1)NC(=O)[C@H](C)N. The zero-order valence-corrected chi connectivity index (χ0v) is 19.5. The second-order valence-corrected chi connectivity index (χ2v) is 9.57. The Labute approximate surface area is 190 Å². The Bertz CT molecular complexity index is 813. The molecule has 7 heteroatoms. The quantitative estimate of drug-likeness (QED) is 0.454. The molecule has 7 nitrogen and oxygen atoms in total. The maximum atomic E-state index is 12.7. The molecule has 1 heterocycles. The fourth-order valence-corrected chi connectivity index (χ4v) is 4.60. The van der Waals surface area contributed by atoms with Crippen LogP contribution >= 0.6 is 0 Å². The predicted molar refractivity (Wildman–Crippen MR) is 122 cm³/mol. The molecule has 0 aromatic heterocycles. The van der Waals surface area contributed by atoms with Crippen molar-refractivity contribution in [3.05, 3.63) is 35.9 Å². The molecule has 2 amide bonds. The van der Waals surface area contributed by atoms with Gasteiger partial charge in [-0.25, -0.2) is 0 Å². The Morgan fingerprint density at radius 1 is 1.19 bits per heavy atom. The van der Waals surface area contributed by atoms with Crippen molar-refractivity contribution in [2.24, 2.45) is 29.4 Å². The van der Waals surface area contributed by atoms with Gasteiger partial charge in [0.05, 0.1) is 6.04 Å². The summed E-state index contributed by atoms with van der Waals surface area (Å²) in [6.07, 6.45) is 2.66. The number of nitrogens with one attached hydrogen (secondary N) is 2. The molecule has 1 aliphatic carbocycles. The van der Waals surface area contributed by atoms with Crippen molar-refractivity contribution in [1.82, 2.24) is 10.6 Å². The number of rotatable bonds is 11. The average Bonchev–Trinajstić information content (AvgIpc) is 3.53. The van der Waals surface area contributed by atoms with E-state index in [0.29, 0.717) is 0 Å². The molecule has 8 atom stereocenters. The van der Waals surface area contributed by atoms with Crippen LogP contribution in [0.1, 0.15) is 52.5 Å². The molecule has 0 spiro atoms. The Morgan fingerprint density at radius 2 is 1.88 bits per heavy atom. The first kappa shape index (κ1) is 24.2. The molecular weight excluding hydrogens is 406 g/mol. The highest BCUT2D eigenvalue weighted by Crippen LogP contribution is 2.41. The largest absolute Gasteiger partial charge is 0.451 e. The minimum absolute atomic E-state index is 0.0324. The molecule has 1 aromatic rings. The normalized spacial score (nSPS) is 27.8. The van der Waals surface area contributed by atoms with Gasteiger partial charge in [0.1, 0.15) is 5.92 Å². The van der Waals surface area contributed by atoms with Crippen molar-refractivity contribution in [3.63, 3.8) is 0 Å². The highest BCUT2D eigenvalue weighted by Gasteiger charge is 2.52. The molecule has 32 heavy (non-hydrogen) atoms. The molecule has 0 unspecified atom stereocenters. The van der Waals surface area contributed by atoms with E-state index in [4.69, 9.17) is 10.5 Å². The summed E-state index contributed by atoms with van der Waals surface area (Å²) in [5.41, 5.74) is 7.01. The highest BCUT2D eigenvalue weighted by atomic mass is 16.6. The molecule has 2 aliphatic rings. The lowest BCUT2D eigenvalue weighted by molar-refractivity contribution is -0.193. The first-order valence-electron chi connectivity index (χ1n) is 11.8. The van der Waals surface area contributed by atoms with Crippen LogP contribution < -0.4 is 16.4 Å². The van der Waals surface area contributed by atoms with Gasteiger partial charge in [-0.15, -0.1) is 0 Å². The summed E-state index contributed by atoms with van der Waals surface area (Å²) >= 11 is 0. The van der Waals surface area contributed by atoms with Gasteiger partial charge in [-0.1, -0.05) is 57.5 Å². The third-order valence-corrected chi connectivity index (χ3v) is 7.16. The summed E-state index contributed by atoms with van der Waals surface area (Å²) in [5, 5.41) is 6.18. The molecule has 1 aromatic carbocycles. The molecule has 0 bridgehead atoms. The van der Waals surface area contributed by atoms with Crippen LogP contribution in [0, 0.1) is 23.7 Å². The van der Waals surface area contributed by atoms with Crippen LogP contribution in [0.3, 0.4) is 0 Å². The Morgan fingerprint density at radius 3 is 2.47 bits per heavy atom. The number of cyclic esters (lactones) is 1. The molecule has 1 aliphatic heterocycles. The molecule has 1 saturated carbocycles. The van der Waals surface area contributed by atoms with Crippen LogP contribution in [0.2, 0.25) is 0 Å². The number of esters is 1. The molecular formula is C25H37N3O4. The lowest BCUT2D eigenvalue weighted by Crippen LogP contribution is -2.56. The number of carbonyl (C=O) groups excluding carboxylic acids is 3. The van der Waals surface area contributed by atoms with Crippen molar-refractivity contribution < 1.29 is 19.1 Å². The van der Waals surface area contributed by atoms with Gasteiger partial charge in [0.2, 0.25) is 5.91 Å². The van der Waals surface area contributed by atoms with E-state index >= 15 is 0 Å². The standard InChI is InChI=1S/C25H37N3O4/c1-5-14(2)21-22(32-25(21)31)24(30)28-20-13-18(20)15(3)19(27-23(29)16(4)26)12-11-17-9-7-6-8-10-17/h6-10,14-16,18-22H,5,11-13,26H2,1-4H3,(H,27,29)(H,28,30)/t14-,15-,16-,18-,19+,20-,21-,22+/m0/s1. The van der Waals surface area contributed by atoms with Crippen LogP contribution in [0.15, 0.2) is 30.3 Å². The van der Waals surface area contributed by atoms with Gasteiger partial charge >= 0.3 is 5.97 Å². The van der Waals surface area contributed by atoms with Gasteiger partial charge < -0.3 is 21.1 Å². The van der Waals surface area contributed by atoms with Crippen LogP contribution in [0.5, 0.6) is 0 Å². The molecule has 4 N–H and O–H groups in total. The minimum Gasteiger partial charge on any atom is -0.451 e. The summed E-state index contributed by atoms with van der Waals surface area (Å²) < 4.78 is 5.15. The summed E-state index contributed by atoms with van der Waals surface area (Å²) in [5.74, 6) is -0.411. The van der Waals surface area contributed by atoms with E-state index in [1.807, 2.05) is 32.0 Å². The minimum atomic E-state index is -0.680. The van der Waals surface area contributed by atoms with E-state index in [1.54, 1.807) is 6.92 Å². The Kier molecular flexibility index (Phi) is 7.93. The molecule has 176 valence electrons. The van der Waals surface area contributed by atoms with Crippen LogP contribution in [0.25, 0.3) is 0 Å². The van der Waals surface area contributed by atoms with Crippen molar-refractivity contribution in [3.8, 4) is 0 Å². The zero-order chi connectivity index (χ0) is 23.4. The van der Waals surface area contributed by atoms with E-state index < -0.39 is 12.1 Å². The molecule has 0 radical (unpaired) electrons. The first-order chi connectivity index (χ1) is 15.2.